The molecule has 6 heteroatoms. The first kappa shape index (κ1) is 75.1. The highest BCUT2D eigenvalue weighted by Crippen LogP contribution is 2.18. The number of esters is 1. The van der Waals surface area contributed by atoms with Crippen LogP contribution < -0.4 is 5.32 Å². The van der Waals surface area contributed by atoms with Crippen molar-refractivity contribution in [3.05, 3.63) is 36.5 Å². The second-order valence-corrected chi connectivity index (χ2v) is 23.9. The Morgan fingerprint density at radius 2 is 0.636 bits per heavy atom. The molecule has 454 valence electrons. The zero-order valence-corrected chi connectivity index (χ0v) is 52.0. The van der Waals surface area contributed by atoms with Crippen molar-refractivity contribution < 1.29 is 24.5 Å². The van der Waals surface area contributed by atoms with Crippen LogP contribution in [0.3, 0.4) is 0 Å². The van der Waals surface area contributed by atoms with E-state index in [4.69, 9.17) is 4.74 Å². The topological polar surface area (TPSA) is 95.9 Å². The van der Waals surface area contributed by atoms with Gasteiger partial charge in [0.15, 0.2) is 0 Å². The number of nitrogens with one attached hydrogen (secondary N) is 1. The summed E-state index contributed by atoms with van der Waals surface area (Å²) in [5, 5.41) is 23.2. The maximum Gasteiger partial charge on any atom is 0.305 e. The fourth-order valence-corrected chi connectivity index (χ4v) is 10.9. The van der Waals surface area contributed by atoms with E-state index in [9.17, 15) is 19.8 Å². The molecule has 6 nitrogen and oxygen atoms in total. The molecule has 0 rings (SSSR count). The highest BCUT2D eigenvalue weighted by Gasteiger charge is 2.18. The van der Waals surface area contributed by atoms with E-state index in [1.165, 1.54) is 276 Å². The number of unbranched alkanes of at least 4 members (excludes halogenated alkanes) is 51. The number of hydrogen-bond acceptors (Lipinski definition) is 5. The molecule has 0 saturated heterocycles. The van der Waals surface area contributed by atoms with E-state index >= 15 is 0 Å². The number of carbonyl (C=O) groups is 2. The zero-order chi connectivity index (χ0) is 55.7. The molecule has 0 radical (unpaired) electrons. The number of rotatable bonds is 65. The van der Waals surface area contributed by atoms with Gasteiger partial charge in [0.1, 0.15) is 0 Å². The summed E-state index contributed by atoms with van der Waals surface area (Å²) < 4.78 is 5.48. The average Bonchev–Trinajstić information content (AvgIpc) is 3.43. The Bertz CT molecular complexity index is 1250. The fraction of sp³-hybridized carbons (Fsp3) is 0.887. The molecular weight excluding hydrogens is 947 g/mol. The molecule has 0 aromatic heterocycles. The van der Waals surface area contributed by atoms with Crippen molar-refractivity contribution in [1.29, 1.82) is 0 Å². The van der Waals surface area contributed by atoms with Crippen LogP contribution >= 0.6 is 0 Å². The summed E-state index contributed by atoms with van der Waals surface area (Å²) in [7, 11) is 0. The van der Waals surface area contributed by atoms with Crippen LogP contribution in [0, 0.1) is 0 Å². The maximum absolute atomic E-state index is 12.5. The molecule has 0 aliphatic carbocycles. The summed E-state index contributed by atoms with van der Waals surface area (Å²) in [6.45, 7) is 4.90. The van der Waals surface area contributed by atoms with Crippen molar-refractivity contribution in [2.45, 2.75) is 392 Å². The molecule has 0 heterocycles. The first-order chi connectivity index (χ1) is 38.0. The highest BCUT2D eigenvalue weighted by molar-refractivity contribution is 5.76. The summed E-state index contributed by atoms with van der Waals surface area (Å²) in [5.74, 6) is -0.0830. The summed E-state index contributed by atoms with van der Waals surface area (Å²) in [6, 6.07) is -0.637. The Morgan fingerprint density at radius 1 is 0.364 bits per heavy atom. The second kappa shape index (κ2) is 66.6. The van der Waals surface area contributed by atoms with Gasteiger partial charge in [0, 0.05) is 12.8 Å². The van der Waals surface area contributed by atoms with Gasteiger partial charge in [0.25, 0.3) is 0 Å². The van der Waals surface area contributed by atoms with Crippen molar-refractivity contribution in [3.8, 4) is 0 Å². The second-order valence-electron chi connectivity index (χ2n) is 23.9. The molecule has 0 bridgehead atoms. The molecule has 77 heavy (non-hydrogen) atoms. The molecular formula is C71H135NO5. The van der Waals surface area contributed by atoms with Crippen molar-refractivity contribution >= 4 is 11.9 Å². The number of allylic oxidation sites excluding steroid dienone is 5. The standard InChI is InChI=1S/C71H135NO5/c1-3-5-7-9-11-13-15-17-19-21-23-24-25-28-31-35-39-43-47-51-55-59-63-69(74)68(67-73)72-70(75)64-60-56-52-48-44-40-36-32-29-26-30-34-38-42-46-50-54-58-62-66-77-71(76)65-61-57-53-49-45-41-37-33-27-22-20-18-16-14-12-10-8-6-4-2/h34,38,42,46,59,63,68-69,73-74H,3-33,35-37,39-41,43-45,47-58,60-62,64-67H2,1-2H3,(H,72,75)/b38-34-,46-42-,63-59+. The normalized spacial score (nSPS) is 12.7. The fourth-order valence-electron chi connectivity index (χ4n) is 10.9. The van der Waals surface area contributed by atoms with Gasteiger partial charge in [-0.1, -0.05) is 339 Å². The number of carbonyl (C=O) groups excluding carboxylic acids is 2. The van der Waals surface area contributed by atoms with Gasteiger partial charge in [0.2, 0.25) is 5.91 Å². The Morgan fingerprint density at radius 3 is 0.961 bits per heavy atom. The largest absolute Gasteiger partial charge is 0.466 e. The number of ether oxygens (including phenoxy) is 1. The van der Waals surface area contributed by atoms with Gasteiger partial charge in [-0.05, 0) is 64.2 Å². The summed E-state index contributed by atoms with van der Waals surface area (Å²) in [6.07, 6.45) is 85.0. The Balaban J connectivity index is 3.47. The molecule has 3 N–H and O–H groups in total. The first-order valence-electron chi connectivity index (χ1n) is 34.8. The van der Waals surface area contributed by atoms with E-state index in [1.54, 1.807) is 6.08 Å². The van der Waals surface area contributed by atoms with Gasteiger partial charge in [-0.2, -0.15) is 0 Å². The lowest BCUT2D eigenvalue weighted by atomic mass is 10.0. The van der Waals surface area contributed by atoms with Crippen LogP contribution in [0.2, 0.25) is 0 Å². The Kier molecular flexibility index (Phi) is 64.9. The zero-order valence-electron chi connectivity index (χ0n) is 52.0. The molecule has 0 aromatic carbocycles. The number of hydrogen-bond donors (Lipinski definition) is 3. The summed E-state index contributed by atoms with van der Waals surface area (Å²) in [5.41, 5.74) is 0. The number of aliphatic hydroxyl groups is 2. The SMILES string of the molecule is CCCCCCCCCCCCCCCCCCCCCC/C=C/C(O)C(CO)NC(=O)CCCCCCCCCCCC/C=C\C=C/CCCCCOC(=O)CCCCCCCCCCCCCCCCCCCCC. The van der Waals surface area contributed by atoms with Crippen molar-refractivity contribution in [3.63, 3.8) is 0 Å². The van der Waals surface area contributed by atoms with Crippen LogP contribution in [0.1, 0.15) is 380 Å². The van der Waals surface area contributed by atoms with Crippen molar-refractivity contribution in [1.82, 2.24) is 5.32 Å². The van der Waals surface area contributed by atoms with Gasteiger partial charge in [-0.15, -0.1) is 0 Å². The minimum Gasteiger partial charge on any atom is -0.466 e. The van der Waals surface area contributed by atoms with E-state index in [0.29, 0.717) is 19.4 Å². The van der Waals surface area contributed by atoms with Crippen LogP contribution in [0.15, 0.2) is 36.5 Å². The molecule has 0 aliphatic rings. The van der Waals surface area contributed by atoms with Gasteiger partial charge in [0.05, 0.1) is 25.4 Å². The van der Waals surface area contributed by atoms with E-state index < -0.39 is 12.1 Å². The molecule has 0 aliphatic heterocycles. The van der Waals surface area contributed by atoms with Crippen LogP contribution in [-0.2, 0) is 14.3 Å². The lowest BCUT2D eigenvalue weighted by Gasteiger charge is -2.20. The maximum atomic E-state index is 12.5. The van der Waals surface area contributed by atoms with Gasteiger partial charge < -0.3 is 20.3 Å². The third kappa shape index (κ3) is 63.1. The molecule has 0 fully saturated rings. The van der Waals surface area contributed by atoms with E-state index in [1.807, 2.05) is 6.08 Å². The lowest BCUT2D eigenvalue weighted by molar-refractivity contribution is -0.143. The number of aliphatic hydroxyl groups excluding tert-OH is 2. The third-order valence-corrected chi connectivity index (χ3v) is 16.2. The molecule has 0 spiro atoms. The van der Waals surface area contributed by atoms with Gasteiger partial charge in [-0.25, -0.2) is 0 Å². The number of amides is 1. The Hall–Kier alpha value is -1.92. The molecule has 2 atom stereocenters. The van der Waals surface area contributed by atoms with Crippen LogP contribution in [0.4, 0.5) is 0 Å². The predicted octanol–water partition coefficient (Wildman–Crippen LogP) is 22.3. The van der Waals surface area contributed by atoms with Crippen molar-refractivity contribution in [2.24, 2.45) is 0 Å². The van der Waals surface area contributed by atoms with E-state index in [0.717, 1.165) is 77.0 Å². The predicted molar refractivity (Wildman–Crippen MR) is 338 cm³/mol. The molecule has 0 aromatic rings. The molecule has 0 saturated carbocycles. The quantitative estimate of drug-likeness (QED) is 0.0244. The average molecular weight is 1080 g/mol. The molecule has 2 unspecified atom stereocenters. The third-order valence-electron chi connectivity index (χ3n) is 16.2. The highest BCUT2D eigenvalue weighted by atomic mass is 16.5. The van der Waals surface area contributed by atoms with Crippen LogP contribution in [0.25, 0.3) is 0 Å². The minimum atomic E-state index is -0.853. The summed E-state index contributed by atoms with van der Waals surface area (Å²) >= 11 is 0. The van der Waals surface area contributed by atoms with Crippen LogP contribution in [-0.4, -0.2) is 47.4 Å². The smallest absolute Gasteiger partial charge is 0.305 e. The lowest BCUT2D eigenvalue weighted by Crippen LogP contribution is -2.45. The first-order valence-corrected chi connectivity index (χ1v) is 34.8. The Labute approximate surface area is 481 Å². The van der Waals surface area contributed by atoms with E-state index in [-0.39, 0.29) is 18.5 Å². The minimum absolute atomic E-state index is 0.00868. The molecule has 1 amide bonds. The van der Waals surface area contributed by atoms with Gasteiger partial charge in [-0.3, -0.25) is 9.59 Å². The summed E-state index contributed by atoms with van der Waals surface area (Å²) in [4.78, 5) is 24.6. The monoisotopic (exact) mass is 1080 g/mol. The van der Waals surface area contributed by atoms with Crippen LogP contribution in [0.5, 0.6) is 0 Å². The van der Waals surface area contributed by atoms with Gasteiger partial charge >= 0.3 is 5.97 Å². The van der Waals surface area contributed by atoms with E-state index in [2.05, 4.69) is 43.5 Å². The van der Waals surface area contributed by atoms with Crippen molar-refractivity contribution in [2.75, 3.05) is 13.2 Å².